The summed E-state index contributed by atoms with van der Waals surface area (Å²) in [6.45, 7) is 11.7. The molecule has 102 valence electrons. The van der Waals surface area contributed by atoms with Crippen molar-refractivity contribution in [2.24, 2.45) is 5.92 Å². The minimum Gasteiger partial charge on any atom is -0.310 e. The molecule has 0 aromatic heterocycles. The van der Waals surface area contributed by atoms with Crippen molar-refractivity contribution in [2.75, 3.05) is 7.05 Å². The Labute approximate surface area is 98.1 Å². The van der Waals surface area contributed by atoms with Gasteiger partial charge in [0.25, 0.3) is 5.78 Å². The number of Topliss-reactive ketones (excluding diaryl/α,β-unsaturated/α-hetero) is 1. The number of carbonyl (C=O) groups is 1. The summed E-state index contributed by atoms with van der Waals surface area (Å²) in [7, 11) is 1.30. The van der Waals surface area contributed by atoms with Crippen LogP contribution in [0.15, 0.2) is 0 Å². The highest BCUT2D eigenvalue weighted by atomic mass is 19.4. The number of hydrogen-bond donors (Lipinski definition) is 1. The third kappa shape index (κ3) is 15.9. The Balaban J connectivity index is -0.000000103. The predicted octanol–water partition coefficient (Wildman–Crippen LogP) is 3.66. The van der Waals surface area contributed by atoms with Crippen molar-refractivity contribution in [3.8, 4) is 0 Å². The molecule has 1 N–H and O–H groups in total. The van der Waals surface area contributed by atoms with Gasteiger partial charge in [-0.3, -0.25) is 4.79 Å². The average Bonchev–Trinajstić information content (AvgIpc) is 2.16. The first-order valence-corrected chi connectivity index (χ1v) is 5.41. The number of hydrogen-bond acceptors (Lipinski definition) is 2. The van der Waals surface area contributed by atoms with Crippen LogP contribution < -0.4 is 5.32 Å². The van der Waals surface area contributed by atoms with Crippen molar-refractivity contribution in [1.29, 1.82) is 0 Å². The van der Waals surface area contributed by atoms with Crippen LogP contribution in [0.1, 0.15) is 43.0 Å². The van der Waals surface area contributed by atoms with Crippen molar-refractivity contribution in [3.63, 3.8) is 0 Å². The van der Waals surface area contributed by atoms with E-state index in [0.717, 1.165) is 12.8 Å². The summed E-state index contributed by atoms with van der Waals surface area (Å²) in [6, 6.07) is -1.15. The van der Waals surface area contributed by atoms with E-state index in [4.69, 9.17) is 0 Å². The Hall–Kier alpha value is -0.580. The average molecular weight is 245 g/mol. The Bertz CT molecular complexity index is 170. The Morgan fingerprint density at radius 2 is 1.38 bits per heavy atom. The molecule has 0 aromatic rings. The lowest BCUT2D eigenvalue weighted by atomic mass is 10.2. The van der Waals surface area contributed by atoms with Gasteiger partial charge in [-0.05, 0) is 19.9 Å². The molecule has 0 saturated carbocycles. The second kappa shape index (κ2) is 10.9. The number of alkyl halides is 3. The second-order valence-corrected chi connectivity index (χ2v) is 3.60. The molecule has 0 heterocycles. The monoisotopic (exact) mass is 245 g/mol. The van der Waals surface area contributed by atoms with Crippen molar-refractivity contribution in [2.45, 2.75) is 53.8 Å². The van der Waals surface area contributed by atoms with Gasteiger partial charge in [0.1, 0.15) is 0 Å². The molecule has 0 rings (SSSR count). The van der Waals surface area contributed by atoms with Crippen LogP contribution in [0.2, 0.25) is 0 Å². The fourth-order valence-corrected chi connectivity index (χ4v) is 0.377. The van der Waals surface area contributed by atoms with Crippen LogP contribution in [0.25, 0.3) is 0 Å². The van der Waals surface area contributed by atoms with E-state index >= 15 is 0 Å². The zero-order chi connectivity index (χ0) is 13.9. The molecule has 0 spiro atoms. The SMILES string of the molecule is CC.CC(C)C.CNC(C)C(=O)C(F)(F)F.[HH]. The summed E-state index contributed by atoms with van der Waals surface area (Å²) >= 11 is 0. The quantitative estimate of drug-likeness (QED) is 0.804. The fourth-order valence-electron chi connectivity index (χ4n) is 0.377. The second-order valence-electron chi connectivity index (χ2n) is 3.60. The van der Waals surface area contributed by atoms with Crippen molar-refractivity contribution >= 4 is 5.78 Å². The van der Waals surface area contributed by atoms with Gasteiger partial charge in [0.05, 0.1) is 6.04 Å². The van der Waals surface area contributed by atoms with Crippen LogP contribution in [-0.4, -0.2) is 25.0 Å². The zero-order valence-corrected chi connectivity index (χ0v) is 11.2. The number of rotatable bonds is 2. The van der Waals surface area contributed by atoms with Gasteiger partial charge in [-0.15, -0.1) is 0 Å². The maximum atomic E-state index is 11.5. The maximum absolute atomic E-state index is 11.5. The van der Waals surface area contributed by atoms with Crippen molar-refractivity contribution in [3.05, 3.63) is 0 Å². The van der Waals surface area contributed by atoms with Crippen LogP contribution in [0.5, 0.6) is 0 Å². The first-order valence-electron chi connectivity index (χ1n) is 5.41. The fraction of sp³-hybridized carbons (Fsp3) is 0.909. The van der Waals surface area contributed by atoms with Gasteiger partial charge >= 0.3 is 6.18 Å². The topological polar surface area (TPSA) is 29.1 Å². The number of ketones is 1. The summed E-state index contributed by atoms with van der Waals surface area (Å²) in [5.74, 6) is -0.907. The van der Waals surface area contributed by atoms with Gasteiger partial charge in [0, 0.05) is 1.43 Å². The molecule has 0 aromatic carbocycles. The molecule has 0 fully saturated rings. The molecule has 1 unspecified atom stereocenters. The molecule has 0 amide bonds. The van der Waals surface area contributed by atoms with E-state index in [0.29, 0.717) is 0 Å². The van der Waals surface area contributed by atoms with E-state index in [2.05, 4.69) is 26.1 Å². The van der Waals surface area contributed by atoms with E-state index in [-0.39, 0.29) is 1.43 Å². The van der Waals surface area contributed by atoms with Crippen LogP contribution in [0.4, 0.5) is 13.2 Å². The highest BCUT2D eigenvalue weighted by Crippen LogP contribution is 2.17. The highest BCUT2D eigenvalue weighted by Gasteiger charge is 2.40. The molecule has 5 heteroatoms. The summed E-state index contributed by atoms with van der Waals surface area (Å²) in [5, 5.41) is 2.20. The first kappa shape index (κ1) is 20.8. The van der Waals surface area contributed by atoms with Gasteiger partial charge in [-0.25, -0.2) is 0 Å². The summed E-state index contributed by atoms with van der Waals surface area (Å²) < 4.78 is 34.5. The van der Waals surface area contributed by atoms with Gasteiger partial charge in [0.15, 0.2) is 0 Å². The lowest BCUT2D eigenvalue weighted by Gasteiger charge is -2.10. The third-order valence-corrected chi connectivity index (χ3v) is 1.11. The Kier molecular flexibility index (Phi) is 14.2. The number of halogens is 3. The number of carbonyl (C=O) groups excluding carboxylic acids is 1. The van der Waals surface area contributed by atoms with Gasteiger partial charge in [-0.2, -0.15) is 13.2 Å². The maximum Gasteiger partial charge on any atom is 0.451 e. The molecule has 0 bridgehead atoms. The molecular weight excluding hydrogens is 219 g/mol. The third-order valence-electron chi connectivity index (χ3n) is 1.11. The van der Waals surface area contributed by atoms with Crippen LogP contribution in [-0.2, 0) is 4.79 Å². The summed E-state index contributed by atoms with van der Waals surface area (Å²) in [6.07, 6.45) is -4.72. The molecule has 0 saturated heterocycles. The minimum atomic E-state index is -4.72. The first-order chi connectivity index (χ1) is 7.12. The highest BCUT2D eigenvalue weighted by molar-refractivity contribution is 5.88. The summed E-state index contributed by atoms with van der Waals surface area (Å²) in [4.78, 5) is 10.2. The van der Waals surface area contributed by atoms with E-state index < -0.39 is 18.0 Å². The standard InChI is InChI=1S/C5H8F3NO.C4H10.C2H6.H2/c1-3(9-2)4(10)5(6,7)8;1-4(2)3;1-2;/h3,9H,1-2H3;4H,1-3H3;1-2H3;1H. The molecule has 2 nitrogen and oxygen atoms in total. The van der Waals surface area contributed by atoms with Crippen molar-refractivity contribution in [1.82, 2.24) is 5.32 Å². The minimum absolute atomic E-state index is 0. The zero-order valence-electron chi connectivity index (χ0n) is 11.2. The van der Waals surface area contributed by atoms with E-state index in [1.807, 2.05) is 13.8 Å². The number of likely N-dealkylation sites (N-methyl/N-ethyl adjacent to an activating group) is 1. The molecule has 0 aliphatic heterocycles. The molecular formula is C11H26F3NO. The van der Waals surface area contributed by atoms with Crippen LogP contribution in [0.3, 0.4) is 0 Å². The predicted molar refractivity (Wildman–Crippen MR) is 63.6 cm³/mol. The molecule has 1 atom stereocenters. The summed E-state index contributed by atoms with van der Waals surface area (Å²) in [5.41, 5.74) is 0. The molecule has 0 aliphatic carbocycles. The molecule has 0 radical (unpaired) electrons. The lowest BCUT2D eigenvalue weighted by molar-refractivity contribution is -0.172. The molecule has 0 aliphatic rings. The number of nitrogens with one attached hydrogen (secondary N) is 1. The van der Waals surface area contributed by atoms with Crippen LogP contribution >= 0.6 is 0 Å². The van der Waals surface area contributed by atoms with Gasteiger partial charge < -0.3 is 5.32 Å². The van der Waals surface area contributed by atoms with Crippen molar-refractivity contribution < 1.29 is 19.4 Å². The Morgan fingerprint density at radius 1 is 1.12 bits per heavy atom. The van der Waals surface area contributed by atoms with E-state index in [9.17, 15) is 18.0 Å². The molecule has 16 heavy (non-hydrogen) atoms. The van der Waals surface area contributed by atoms with Crippen LogP contribution in [0, 0.1) is 5.92 Å². The van der Waals surface area contributed by atoms with Gasteiger partial charge in [-0.1, -0.05) is 34.6 Å². The van der Waals surface area contributed by atoms with E-state index in [1.165, 1.54) is 7.05 Å². The Morgan fingerprint density at radius 3 is 1.44 bits per heavy atom. The lowest BCUT2D eigenvalue weighted by Crippen LogP contribution is -2.40. The smallest absolute Gasteiger partial charge is 0.310 e. The normalized spacial score (nSPS) is 11.9. The van der Waals surface area contributed by atoms with Gasteiger partial charge in [0.2, 0.25) is 0 Å². The largest absolute Gasteiger partial charge is 0.451 e. The van der Waals surface area contributed by atoms with E-state index in [1.54, 1.807) is 0 Å².